The van der Waals surface area contributed by atoms with Crippen LogP contribution < -0.4 is 10.2 Å². The van der Waals surface area contributed by atoms with E-state index in [0.717, 1.165) is 16.9 Å². The van der Waals surface area contributed by atoms with Gasteiger partial charge in [0.15, 0.2) is 11.6 Å². The van der Waals surface area contributed by atoms with E-state index >= 15 is 0 Å². The molecular formula is C22H24N4O2. The summed E-state index contributed by atoms with van der Waals surface area (Å²) in [4.78, 5) is 25.9. The van der Waals surface area contributed by atoms with Gasteiger partial charge in [0, 0.05) is 37.1 Å². The van der Waals surface area contributed by atoms with Gasteiger partial charge >= 0.3 is 0 Å². The average molecular weight is 376 g/mol. The molecule has 0 aliphatic heterocycles. The highest BCUT2D eigenvalue weighted by Crippen LogP contribution is 2.28. The number of benzene rings is 2. The summed E-state index contributed by atoms with van der Waals surface area (Å²) < 4.78 is 1.63. The highest BCUT2D eigenvalue weighted by molar-refractivity contribution is 5.97. The third-order valence-electron chi connectivity index (χ3n) is 4.39. The summed E-state index contributed by atoms with van der Waals surface area (Å²) >= 11 is 0. The average Bonchev–Trinajstić information content (AvgIpc) is 3.06. The molecule has 0 fully saturated rings. The minimum Gasteiger partial charge on any atom is -0.361 e. The first-order valence-electron chi connectivity index (χ1n) is 9.06. The number of anilines is 2. The van der Waals surface area contributed by atoms with Gasteiger partial charge in [-0.2, -0.15) is 5.10 Å². The second-order valence-electron chi connectivity index (χ2n) is 7.01. The maximum atomic E-state index is 12.5. The molecule has 1 heterocycles. The number of Topliss-reactive ketones (excluding diaryl/α,β-unsaturated/α-hetero) is 1. The summed E-state index contributed by atoms with van der Waals surface area (Å²) in [5.74, 6) is 0.556. The van der Waals surface area contributed by atoms with Gasteiger partial charge in [-0.25, -0.2) is 0 Å². The van der Waals surface area contributed by atoms with Gasteiger partial charge in [0.05, 0.1) is 0 Å². The first-order chi connectivity index (χ1) is 13.3. The SMILES string of the molecule is CC(=O)c1cccc(NC(=O)Cn2cc(-c3ccc(C)cc3)c(N(C)C)n2)c1. The standard InChI is InChI=1S/C22H24N4O2/c1-15-8-10-17(11-9-15)20-13-26(24-22(20)25(3)4)14-21(28)23-19-7-5-6-18(12-19)16(2)27/h5-13H,14H2,1-4H3,(H,23,28). The van der Waals surface area contributed by atoms with Crippen molar-refractivity contribution < 1.29 is 9.59 Å². The van der Waals surface area contributed by atoms with E-state index < -0.39 is 0 Å². The van der Waals surface area contributed by atoms with E-state index in [0.29, 0.717) is 11.3 Å². The fraction of sp³-hybridized carbons (Fsp3) is 0.227. The Kier molecular flexibility index (Phi) is 5.59. The molecule has 0 radical (unpaired) electrons. The fourth-order valence-electron chi connectivity index (χ4n) is 2.92. The van der Waals surface area contributed by atoms with E-state index in [1.54, 1.807) is 28.9 Å². The zero-order valence-electron chi connectivity index (χ0n) is 16.6. The van der Waals surface area contributed by atoms with Gasteiger partial charge < -0.3 is 10.2 Å². The maximum absolute atomic E-state index is 12.5. The molecule has 0 bridgehead atoms. The summed E-state index contributed by atoms with van der Waals surface area (Å²) in [6.45, 7) is 3.63. The molecule has 1 amide bonds. The second-order valence-corrected chi connectivity index (χ2v) is 7.01. The van der Waals surface area contributed by atoms with Crippen LogP contribution in [0.15, 0.2) is 54.7 Å². The normalized spacial score (nSPS) is 10.6. The number of hydrogen-bond acceptors (Lipinski definition) is 4. The van der Waals surface area contributed by atoms with E-state index in [9.17, 15) is 9.59 Å². The van der Waals surface area contributed by atoms with Crippen molar-refractivity contribution in [2.75, 3.05) is 24.3 Å². The number of hydrogen-bond donors (Lipinski definition) is 1. The van der Waals surface area contributed by atoms with Crippen molar-refractivity contribution in [3.8, 4) is 11.1 Å². The van der Waals surface area contributed by atoms with Gasteiger partial charge in [-0.15, -0.1) is 0 Å². The van der Waals surface area contributed by atoms with Crippen LogP contribution >= 0.6 is 0 Å². The monoisotopic (exact) mass is 376 g/mol. The highest BCUT2D eigenvalue weighted by atomic mass is 16.2. The maximum Gasteiger partial charge on any atom is 0.246 e. The summed E-state index contributed by atoms with van der Waals surface area (Å²) in [5, 5.41) is 7.39. The molecule has 1 aromatic heterocycles. The summed E-state index contributed by atoms with van der Waals surface area (Å²) in [6, 6.07) is 15.1. The van der Waals surface area contributed by atoms with Crippen LogP contribution in [0, 0.1) is 6.92 Å². The van der Waals surface area contributed by atoms with Crippen molar-refractivity contribution in [2.45, 2.75) is 20.4 Å². The lowest BCUT2D eigenvalue weighted by Crippen LogP contribution is -2.19. The van der Waals surface area contributed by atoms with Crippen LogP contribution in [0.4, 0.5) is 11.5 Å². The Hall–Kier alpha value is -3.41. The molecule has 0 unspecified atom stereocenters. The zero-order chi connectivity index (χ0) is 20.3. The van der Waals surface area contributed by atoms with E-state index in [1.807, 2.05) is 32.1 Å². The minimum atomic E-state index is -0.205. The molecule has 0 aliphatic carbocycles. The minimum absolute atomic E-state index is 0.0402. The number of aryl methyl sites for hydroxylation is 1. The number of ketones is 1. The first-order valence-corrected chi connectivity index (χ1v) is 9.06. The Morgan fingerprint density at radius 3 is 2.46 bits per heavy atom. The lowest BCUT2D eigenvalue weighted by atomic mass is 10.1. The van der Waals surface area contributed by atoms with Crippen molar-refractivity contribution in [3.63, 3.8) is 0 Å². The van der Waals surface area contributed by atoms with E-state index in [1.165, 1.54) is 12.5 Å². The van der Waals surface area contributed by atoms with Crippen LogP contribution in [0.5, 0.6) is 0 Å². The Bertz CT molecular complexity index is 1000. The number of carbonyl (C=O) groups is 2. The van der Waals surface area contributed by atoms with Crippen LogP contribution in [0.3, 0.4) is 0 Å². The molecule has 0 saturated heterocycles. The number of rotatable bonds is 6. The van der Waals surface area contributed by atoms with Crippen LogP contribution in [0.1, 0.15) is 22.8 Å². The molecule has 0 atom stereocenters. The lowest BCUT2D eigenvalue weighted by molar-refractivity contribution is -0.116. The Morgan fingerprint density at radius 2 is 1.82 bits per heavy atom. The Labute approximate surface area is 164 Å². The van der Waals surface area contributed by atoms with E-state index in [-0.39, 0.29) is 18.2 Å². The number of nitrogens with one attached hydrogen (secondary N) is 1. The Morgan fingerprint density at radius 1 is 1.11 bits per heavy atom. The van der Waals surface area contributed by atoms with Crippen molar-refractivity contribution in [1.82, 2.24) is 9.78 Å². The van der Waals surface area contributed by atoms with Gasteiger partial charge in [-0.3, -0.25) is 14.3 Å². The smallest absolute Gasteiger partial charge is 0.246 e. The molecule has 28 heavy (non-hydrogen) atoms. The van der Waals surface area contributed by atoms with Crippen molar-refractivity contribution >= 4 is 23.2 Å². The molecule has 0 saturated carbocycles. The predicted octanol–water partition coefficient (Wildman–Crippen LogP) is 3.77. The van der Waals surface area contributed by atoms with E-state index in [2.05, 4.69) is 34.7 Å². The van der Waals surface area contributed by atoms with Gasteiger partial charge in [0.2, 0.25) is 5.91 Å². The fourth-order valence-corrected chi connectivity index (χ4v) is 2.92. The van der Waals surface area contributed by atoms with Gasteiger partial charge in [-0.05, 0) is 31.5 Å². The van der Waals surface area contributed by atoms with Crippen LogP contribution in [-0.4, -0.2) is 35.6 Å². The van der Waals surface area contributed by atoms with Crippen molar-refractivity contribution in [3.05, 3.63) is 65.9 Å². The molecule has 0 spiro atoms. The molecular weight excluding hydrogens is 352 g/mol. The predicted molar refractivity (Wildman–Crippen MR) is 112 cm³/mol. The summed E-state index contributed by atoms with van der Waals surface area (Å²) in [7, 11) is 3.86. The largest absolute Gasteiger partial charge is 0.361 e. The topological polar surface area (TPSA) is 67.2 Å². The van der Waals surface area contributed by atoms with Gasteiger partial charge in [-0.1, -0.05) is 42.0 Å². The lowest BCUT2D eigenvalue weighted by Gasteiger charge is -2.11. The van der Waals surface area contributed by atoms with Gasteiger partial charge in [0.1, 0.15) is 6.54 Å². The molecule has 2 aromatic carbocycles. The van der Waals surface area contributed by atoms with Gasteiger partial charge in [0.25, 0.3) is 0 Å². The van der Waals surface area contributed by atoms with Crippen LogP contribution in [-0.2, 0) is 11.3 Å². The molecule has 6 nitrogen and oxygen atoms in total. The highest BCUT2D eigenvalue weighted by Gasteiger charge is 2.15. The van der Waals surface area contributed by atoms with E-state index in [4.69, 9.17) is 0 Å². The number of amides is 1. The van der Waals surface area contributed by atoms with Crippen molar-refractivity contribution in [1.29, 1.82) is 0 Å². The summed E-state index contributed by atoms with van der Waals surface area (Å²) in [5.41, 5.74) is 4.37. The van der Waals surface area contributed by atoms with Crippen molar-refractivity contribution in [2.24, 2.45) is 0 Å². The number of aromatic nitrogens is 2. The summed E-state index contributed by atoms with van der Waals surface area (Å²) in [6.07, 6.45) is 1.88. The second kappa shape index (κ2) is 8.08. The molecule has 3 aromatic rings. The third kappa shape index (κ3) is 4.46. The molecule has 3 rings (SSSR count). The molecule has 6 heteroatoms. The first kappa shape index (κ1) is 19.4. The molecule has 0 aliphatic rings. The molecule has 144 valence electrons. The third-order valence-corrected chi connectivity index (χ3v) is 4.39. The van der Waals surface area contributed by atoms with Crippen LogP contribution in [0.25, 0.3) is 11.1 Å². The zero-order valence-corrected chi connectivity index (χ0v) is 16.6. The van der Waals surface area contributed by atoms with Crippen LogP contribution in [0.2, 0.25) is 0 Å². The number of nitrogens with zero attached hydrogens (tertiary/aromatic N) is 3. The number of carbonyl (C=O) groups excluding carboxylic acids is 2. The molecule has 1 N–H and O–H groups in total. The Balaban J connectivity index is 1.79. The quantitative estimate of drug-likeness (QED) is 0.665.